The van der Waals surface area contributed by atoms with Crippen LogP contribution in [0.1, 0.15) is 61.5 Å². The third-order valence-electron chi connectivity index (χ3n) is 4.81. The van der Waals surface area contributed by atoms with Crippen LogP contribution in [0.5, 0.6) is 23.0 Å². The molecule has 0 heterocycles. The summed E-state index contributed by atoms with van der Waals surface area (Å²) in [6.45, 7) is 8.66. The fraction of sp³-hybridized carbons (Fsp3) is 0.458. The van der Waals surface area contributed by atoms with Gasteiger partial charge in [0.2, 0.25) is 0 Å². The maximum atomic E-state index is 12.4. The van der Waals surface area contributed by atoms with Gasteiger partial charge in [-0.05, 0) is 49.4 Å². The lowest BCUT2D eigenvalue weighted by molar-refractivity contribution is 0.0937. The lowest BCUT2D eigenvalue weighted by Crippen LogP contribution is -2.13. The average molecular weight is 443 g/mol. The largest absolute Gasteiger partial charge is 0.507 e. The molecule has 8 heteroatoms. The molecule has 3 N–H and O–H groups in total. The van der Waals surface area contributed by atoms with Gasteiger partial charge in [0.15, 0.2) is 5.78 Å². The Bertz CT molecular complexity index is 906. The van der Waals surface area contributed by atoms with Gasteiger partial charge >= 0.3 is 7.69 Å². The molecule has 7 nitrogen and oxygen atoms in total. The number of phenolic OH excluding ortho intramolecular Hbond substituents is 2. The van der Waals surface area contributed by atoms with Gasteiger partial charge in [0.25, 0.3) is 0 Å². The summed E-state index contributed by atoms with van der Waals surface area (Å²) >= 11 is 0. The number of unbranched alkanes of at least 4 members (excludes halogenated alkanes) is 1. The second-order valence-electron chi connectivity index (χ2n) is 8.86. The normalized spacial score (nSPS) is 11.3. The summed E-state index contributed by atoms with van der Waals surface area (Å²) in [5.41, 5.74) is 1.27. The molecule has 2 aromatic rings. The van der Waals surface area contributed by atoms with E-state index in [1.165, 1.54) is 6.07 Å². The van der Waals surface area contributed by atoms with Crippen molar-refractivity contribution in [1.29, 1.82) is 0 Å². The molecule has 0 aromatic heterocycles. The van der Waals surface area contributed by atoms with Gasteiger partial charge < -0.3 is 29.4 Å². The molecule has 0 saturated heterocycles. The molecule has 0 bridgehead atoms. The minimum absolute atomic E-state index is 0.0226. The molecule has 2 rings (SSSR count). The number of hydrogen-bond donors (Lipinski definition) is 3. The van der Waals surface area contributed by atoms with E-state index >= 15 is 0 Å². The van der Waals surface area contributed by atoms with Gasteiger partial charge in [0.1, 0.15) is 23.0 Å². The van der Waals surface area contributed by atoms with Crippen molar-refractivity contribution in [1.82, 2.24) is 0 Å². The Kier molecular flexibility index (Phi) is 9.41. The van der Waals surface area contributed by atoms with Crippen LogP contribution >= 0.6 is 0 Å². The standard InChI is InChI=1S/C24H32BO7/c1-16-22(10-9-19(23(16)28)21(27)14-24(2,3)4)31-12-6-5-11-30-18-8-7-17(15-32-25-29)20(26)13-18/h7-10,13,26,28-29H,5-6,11-12,14-15H2,1-4H3. The van der Waals surface area contributed by atoms with Crippen LogP contribution in [-0.2, 0) is 11.3 Å². The topological polar surface area (TPSA) is 105 Å². The Labute approximate surface area is 190 Å². The van der Waals surface area contributed by atoms with Crippen LogP contribution in [0.25, 0.3) is 0 Å². The molecule has 0 aliphatic carbocycles. The minimum Gasteiger partial charge on any atom is -0.507 e. The smallest absolute Gasteiger partial charge is 0.485 e. The Morgan fingerprint density at radius 1 is 1.03 bits per heavy atom. The van der Waals surface area contributed by atoms with Crippen molar-refractivity contribution in [3.05, 3.63) is 47.0 Å². The molecule has 0 unspecified atom stereocenters. The summed E-state index contributed by atoms with van der Waals surface area (Å²) in [5, 5.41) is 28.9. The van der Waals surface area contributed by atoms with E-state index in [9.17, 15) is 15.0 Å². The van der Waals surface area contributed by atoms with E-state index in [1.54, 1.807) is 31.2 Å². The summed E-state index contributed by atoms with van der Waals surface area (Å²) in [4.78, 5) is 12.4. The molecule has 0 amide bonds. The highest BCUT2D eigenvalue weighted by atomic mass is 16.5. The molecule has 0 saturated carbocycles. The predicted molar refractivity (Wildman–Crippen MR) is 122 cm³/mol. The first-order valence-corrected chi connectivity index (χ1v) is 10.6. The molecule has 0 atom stereocenters. The zero-order chi connectivity index (χ0) is 23.7. The fourth-order valence-corrected chi connectivity index (χ4v) is 3.10. The molecule has 1 radical (unpaired) electrons. The van der Waals surface area contributed by atoms with Gasteiger partial charge in [-0.15, -0.1) is 0 Å². The van der Waals surface area contributed by atoms with E-state index in [0.717, 1.165) is 12.8 Å². The van der Waals surface area contributed by atoms with Crippen molar-refractivity contribution in [2.45, 2.75) is 53.6 Å². The predicted octanol–water partition coefficient (Wildman–Crippen LogP) is 4.31. The molecule has 0 fully saturated rings. The minimum atomic E-state index is -0.150. The van der Waals surface area contributed by atoms with Crippen molar-refractivity contribution in [3.8, 4) is 23.0 Å². The summed E-state index contributed by atoms with van der Waals surface area (Å²) < 4.78 is 16.1. The number of benzene rings is 2. The number of ketones is 1. The second-order valence-corrected chi connectivity index (χ2v) is 8.86. The number of hydrogen-bond acceptors (Lipinski definition) is 7. The second kappa shape index (κ2) is 11.8. The molecular formula is C24H32BO7. The van der Waals surface area contributed by atoms with E-state index in [-0.39, 0.29) is 29.3 Å². The Morgan fingerprint density at radius 2 is 1.72 bits per heavy atom. The lowest BCUT2D eigenvalue weighted by Gasteiger charge is -2.18. The van der Waals surface area contributed by atoms with Crippen LogP contribution in [0.4, 0.5) is 0 Å². The zero-order valence-electron chi connectivity index (χ0n) is 19.2. The Balaban J connectivity index is 1.78. The number of carbonyl (C=O) groups is 1. The molecular weight excluding hydrogens is 411 g/mol. The highest BCUT2D eigenvalue weighted by Crippen LogP contribution is 2.33. The van der Waals surface area contributed by atoms with Crippen molar-refractivity contribution in [2.24, 2.45) is 5.41 Å². The van der Waals surface area contributed by atoms with Crippen molar-refractivity contribution < 1.29 is 34.2 Å². The maximum absolute atomic E-state index is 12.4. The third kappa shape index (κ3) is 7.77. The van der Waals surface area contributed by atoms with E-state index in [4.69, 9.17) is 19.2 Å². The number of aromatic hydroxyl groups is 2. The average Bonchev–Trinajstić information content (AvgIpc) is 2.71. The molecule has 173 valence electrons. The maximum Gasteiger partial charge on any atom is 0.485 e. The quantitative estimate of drug-likeness (QED) is 0.255. The molecule has 2 aromatic carbocycles. The Hall–Kier alpha value is -2.71. The monoisotopic (exact) mass is 443 g/mol. The van der Waals surface area contributed by atoms with Crippen molar-refractivity contribution in [3.63, 3.8) is 0 Å². The van der Waals surface area contributed by atoms with Crippen molar-refractivity contribution >= 4 is 13.5 Å². The Morgan fingerprint density at radius 3 is 2.34 bits per heavy atom. The van der Waals surface area contributed by atoms with Crippen LogP contribution in [0.3, 0.4) is 0 Å². The highest BCUT2D eigenvalue weighted by Gasteiger charge is 2.21. The summed E-state index contributed by atoms with van der Waals surface area (Å²) in [7, 11) is 0.579. The van der Waals surface area contributed by atoms with Crippen LogP contribution in [0, 0.1) is 12.3 Å². The fourth-order valence-electron chi connectivity index (χ4n) is 3.10. The highest BCUT2D eigenvalue weighted by molar-refractivity contribution is 6.15. The van der Waals surface area contributed by atoms with Crippen LogP contribution < -0.4 is 9.47 Å². The van der Waals surface area contributed by atoms with E-state index in [0.29, 0.717) is 55.5 Å². The summed E-state index contributed by atoms with van der Waals surface area (Å²) in [5.74, 6) is 1.02. The van der Waals surface area contributed by atoms with Gasteiger partial charge in [-0.2, -0.15) is 0 Å². The van der Waals surface area contributed by atoms with Gasteiger partial charge in [-0.3, -0.25) is 4.79 Å². The van der Waals surface area contributed by atoms with Crippen LogP contribution in [-0.4, -0.2) is 41.9 Å². The number of carbonyl (C=O) groups excluding carboxylic acids is 1. The SMILES string of the molecule is Cc1c(OCCCCOc2ccc(CO[B]O)c(O)c2)ccc(C(=O)CC(C)(C)C)c1O. The number of rotatable bonds is 12. The first kappa shape index (κ1) is 25.6. The summed E-state index contributed by atoms with van der Waals surface area (Å²) in [6, 6.07) is 8.24. The van der Waals surface area contributed by atoms with E-state index in [1.807, 2.05) is 20.8 Å². The third-order valence-corrected chi connectivity index (χ3v) is 4.81. The number of phenols is 2. The van der Waals surface area contributed by atoms with Crippen molar-refractivity contribution in [2.75, 3.05) is 13.2 Å². The first-order valence-electron chi connectivity index (χ1n) is 10.6. The number of ether oxygens (including phenoxy) is 2. The summed E-state index contributed by atoms with van der Waals surface area (Å²) in [6.07, 6.45) is 1.82. The molecule has 0 aliphatic rings. The van der Waals surface area contributed by atoms with E-state index in [2.05, 4.69) is 0 Å². The van der Waals surface area contributed by atoms with E-state index < -0.39 is 0 Å². The van der Waals surface area contributed by atoms with Gasteiger partial charge in [-0.1, -0.05) is 20.8 Å². The van der Waals surface area contributed by atoms with Gasteiger partial charge in [-0.25, -0.2) is 0 Å². The van der Waals surface area contributed by atoms with Gasteiger partial charge in [0.05, 0.1) is 25.4 Å². The molecule has 0 aliphatic heterocycles. The first-order chi connectivity index (χ1) is 15.1. The zero-order valence-corrected chi connectivity index (χ0v) is 19.2. The van der Waals surface area contributed by atoms with Gasteiger partial charge in [0, 0.05) is 23.6 Å². The number of Topliss-reactive ketones (excluding diaryl/α,β-unsaturated/α-hetero) is 1. The van der Waals surface area contributed by atoms with Crippen LogP contribution in [0.15, 0.2) is 30.3 Å². The lowest BCUT2D eigenvalue weighted by atomic mass is 9.87. The molecule has 0 spiro atoms. The van der Waals surface area contributed by atoms with Crippen LogP contribution in [0.2, 0.25) is 0 Å². The molecule has 32 heavy (non-hydrogen) atoms.